The molecule has 112 valence electrons. The van der Waals surface area contributed by atoms with Crippen molar-refractivity contribution in [2.24, 2.45) is 11.8 Å². The maximum absolute atomic E-state index is 11.9. The van der Waals surface area contributed by atoms with Crippen molar-refractivity contribution in [3.8, 4) is 0 Å². The molecule has 6 heteroatoms. The lowest BCUT2D eigenvalue weighted by Gasteiger charge is -2.31. The van der Waals surface area contributed by atoms with Gasteiger partial charge in [0.1, 0.15) is 0 Å². The third-order valence-electron chi connectivity index (χ3n) is 3.66. The molecular weight excluding hydrogens is 299 g/mol. The second kappa shape index (κ2) is 7.84. The van der Waals surface area contributed by atoms with Crippen LogP contribution in [0.5, 0.6) is 0 Å². The van der Waals surface area contributed by atoms with Crippen molar-refractivity contribution < 1.29 is 9.90 Å². The summed E-state index contributed by atoms with van der Waals surface area (Å²) in [6.07, 6.45) is -0.701. The molecule has 1 amide bonds. The zero-order valence-corrected chi connectivity index (χ0v) is 12.9. The molecule has 1 heterocycles. The van der Waals surface area contributed by atoms with Crippen LogP contribution in [0.4, 0.5) is 0 Å². The summed E-state index contributed by atoms with van der Waals surface area (Å²) in [5, 5.41) is 16.6. The van der Waals surface area contributed by atoms with E-state index in [4.69, 9.17) is 11.6 Å². The molecule has 1 saturated heterocycles. The SMILES string of the molecule is CC(C(=O)NCC(O)c1ccc(Cl)cc1)C1CNC1.Cl. The minimum Gasteiger partial charge on any atom is -0.387 e. The second-order valence-electron chi connectivity index (χ2n) is 5.02. The first-order valence-electron chi connectivity index (χ1n) is 6.50. The van der Waals surface area contributed by atoms with Gasteiger partial charge in [-0.15, -0.1) is 12.4 Å². The highest BCUT2D eigenvalue weighted by Gasteiger charge is 2.28. The van der Waals surface area contributed by atoms with Gasteiger partial charge in [-0.3, -0.25) is 4.79 Å². The summed E-state index contributed by atoms with van der Waals surface area (Å²) in [6, 6.07) is 6.98. The number of aliphatic hydroxyl groups excluding tert-OH is 1. The number of benzene rings is 1. The Morgan fingerprint density at radius 1 is 1.45 bits per heavy atom. The van der Waals surface area contributed by atoms with Gasteiger partial charge in [-0.1, -0.05) is 30.7 Å². The number of rotatable bonds is 5. The highest BCUT2D eigenvalue weighted by atomic mass is 35.5. The van der Waals surface area contributed by atoms with Crippen molar-refractivity contribution in [3.63, 3.8) is 0 Å². The van der Waals surface area contributed by atoms with E-state index in [0.717, 1.165) is 18.7 Å². The zero-order chi connectivity index (χ0) is 13.8. The molecular formula is C14H20Cl2N2O2. The lowest BCUT2D eigenvalue weighted by atomic mass is 9.88. The number of hydrogen-bond donors (Lipinski definition) is 3. The molecule has 2 atom stereocenters. The molecule has 0 spiro atoms. The smallest absolute Gasteiger partial charge is 0.223 e. The number of hydrogen-bond acceptors (Lipinski definition) is 3. The molecule has 1 aromatic carbocycles. The van der Waals surface area contributed by atoms with Crippen LogP contribution in [0.3, 0.4) is 0 Å². The number of halogens is 2. The molecule has 0 aromatic heterocycles. The van der Waals surface area contributed by atoms with Gasteiger partial charge in [0.05, 0.1) is 6.10 Å². The van der Waals surface area contributed by atoms with Gasteiger partial charge in [-0.25, -0.2) is 0 Å². The van der Waals surface area contributed by atoms with Gasteiger partial charge in [0.25, 0.3) is 0 Å². The van der Waals surface area contributed by atoms with Gasteiger partial charge in [-0.05, 0) is 36.7 Å². The number of carbonyl (C=O) groups is 1. The largest absolute Gasteiger partial charge is 0.387 e. The predicted molar refractivity (Wildman–Crippen MR) is 82.2 cm³/mol. The van der Waals surface area contributed by atoms with Crippen molar-refractivity contribution in [2.75, 3.05) is 19.6 Å². The Balaban J connectivity index is 0.00000200. The second-order valence-corrected chi connectivity index (χ2v) is 5.46. The van der Waals surface area contributed by atoms with Crippen molar-refractivity contribution >= 4 is 29.9 Å². The Morgan fingerprint density at radius 2 is 2.05 bits per heavy atom. The fourth-order valence-electron chi connectivity index (χ4n) is 2.04. The van der Waals surface area contributed by atoms with E-state index in [0.29, 0.717) is 10.9 Å². The standard InChI is InChI=1S/C14H19ClN2O2.ClH/c1-9(11-6-16-7-11)14(19)17-8-13(18)10-2-4-12(15)5-3-10;/h2-5,9,11,13,16,18H,6-8H2,1H3,(H,17,19);1H. The van der Waals surface area contributed by atoms with Gasteiger partial charge in [-0.2, -0.15) is 0 Å². The molecule has 3 N–H and O–H groups in total. The summed E-state index contributed by atoms with van der Waals surface area (Å²) < 4.78 is 0. The van der Waals surface area contributed by atoms with Crippen LogP contribution < -0.4 is 10.6 Å². The molecule has 1 aliphatic heterocycles. The first-order chi connectivity index (χ1) is 9.08. The minimum absolute atomic E-state index is 0. The van der Waals surface area contributed by atoms with Gasteiger partial charge >= 0.3 is 0 Å². The molecule has 1 fully saturated rings. The Morgan fingerprint density at radius 3 is 2.55 bits per heavy atom. The molecule has 0 saturated carbocycles. The Kier molecular flexibility index (Phi) is 6.76. The Bertz CT molecular complexity index is 435. The van der Waals surface area contributed by atoms with E-state index < -0.39 is 6.10 Å². The zero-order valence-electron chi connectivity index (χ0n) is 11.3. The molecule has 0 radical (unpaired) electrons. The van der Waals surface area contributed by atoms with Gasteiger partial charge in [0, 0.05) is 17.5 Å². The fraction of sp³-hybridized carbons (Fsp3) is 0.500. The number of carbonyl (C=O) groups excluding carboxylic acids is 1. The van der Waals surface area contributed by atoms with Crippen LogP contribution in [0.1, 0.15) is 18.6 Å². The fourth-order valence-corrected chi connectivity index (χ4v) is 2.17. The molecule has 0 bridgehead atoms. The quantitative estimate of drug-likeness (QED) is 0.775. The number of aliphatic hydroxyl groups is 1. The maximum atomic E-state index is 11.9. The van der Waals surface area contributed by atoms with E-state index in [1.165, 1.54) is 0 Å². The van der Waals surface area contributed by atoms with Crippen LogP contribution in [0.2, 0.25) is 5.02 Å². The summed E-state index contributed by atoms with van der Waals surface area (Å²) in [6.45, 7) is 3.95. The highest BCUT2D eigenvalue weighted by molar-refractivity contribution is 6.30. The molecule has 1 aliphatic rings. The van der Waals surface area contributed by atoms with Crippen LogP contribution in [0, 0.1) is 11.8 Å². The van der Waals surface area contributed by atoms with Crippen LogP contribution in [0.15, 0.2) is 24.3 Å². The molecule has 4 nitrogen and oxygen atoms in total. The normalized spacial score (nSPS) is 17.6. The lowest BCUT2D eigenvalue weighted by molar-refractivity contribution is -0.127. The van der Waals surface area contributed by atoms with Crippen molar-refractivity contribution in [1.82, 2.24) is 10.6 Å². The first kappa shape index (κ1) is 17.2. The number of amides is 1. The molecule has 2 unspecified atom stereocenters. The van der Waals surface area contributed by atoms with E-state index >= 15 is 0 Å². The van der Waals surface area contributed by atoms with E-state index in [2.05, 4.69) is 10.6 Å². The van der Waals surface area contributed by atoms with Crippen LogP contribution in [-0.4, -0.2) is 30.6 Å². The van der Waals surface area contributed by atoms with Gasteiger partial charge < -0.3 is 15.7 Å². The van der Waals surface area contributed by atoms with Crippen molar-refractivity contribution in [2.45, 2.75) is 13.0 Å². The summed E-state index contributed by atoms with van der Waals surface area (Å²) in [7, 11) is 0. The van der Waals surface area contributed by atoms with Crippen LogP contribution in [0.25, 0.3) is 0 Å². The average Bonchev–Trinajstić information content (AvgIpc) is 2.34. The summed E-state index contributed by atoms with van der Waals surface area (Å²) in [4.78, 5) is 11.9. The molecule has 2 rings (SSSR count). The predicted octanol–water partition coefficient (Wildman–Crippen LogP) is 1.77. The third-order valence-corrected chi connectivity index (χ3v) is 3.91. The van der Waals surface area contributed by atoms with Crippen LogP contribution in [-0.2, 0) is 4.79 Å². The summed E-state index contributed by atoms with van der Waals surface area (Å²) in [5.41, 5.74) is 0.752. The van der Waals surface area contributed by atoms with E-state index in [-0.39, 0.29) is 30.8 Å². The average molecular weight is 319 g/mol. The van der Waals surface area contributed by atoms with E-state index in [1.807, 2.05) is 6.92 Å². The van der Waals surface area contributed by atoms with Crippen molar-refractivity contribution in [3.05, 3.63) is 34.9 Å². The molecule has 20 heavy (non-hydrogen) atoms. The highest BCUT2D eigenvalue weighted by Crippen LogP contribution is 2.18. The lowest BCUT2D eigenvalue weighted by Crippen LogP contribution is -2.50. The van der Waals surface area contributed by atoms with Gasteiger partial charge in [0.15, 0.2) is 0 Å². The van der Waals surface area contributed by atoms with E-state index in [9.17, 15) is 9.90 Å². The Hall–Kier alpha value is -0.810. The van der Waals surface area contributed by atoms with Crippen molar-refractivity contribution in [1.29, 1.82) is 0 Å². The van der Waals surface area contributed by atoms with E-state index in [1.54, 1.807) is 24.3 Å². The Labute approximate surface area is 130 Å². The number of nitrogens with one attached hydrogen (secondary N) is 2. The molecule has 0 aliphatic carbocycles. The third kappa shape index (κ3) is 4.35. The first-order valence-corrected chi connectivity index (χ1v) is 6.87. The summed E-state index contributed by atoms with van der Waals surface area (Å²) >= 11 is 5.79. The molecule has 1 aromatic rings. The minimum atomic E-state index is -0.701. The van der Waals surface area contributed by atoms with Gasteiger partial charge in [0.2, 0.25) is 5.91 Å². The monoisotopic (exact) mass is 318 g/mol. The van der Waals surface area contributed by atoms with Crippen LogP contribution >= 0.6 is 24.0 Å². The summed E-state index contributed by atoms with van der Waals surface area (Å²) in [5.74, 6) is 0.394. The maximum Gasteiger partial charge on any atom is 0.223 e. The topological polar surface area (TPSA) is 61.4 Å².